The maximum absolute atomic E-state index is 13.6. The number of aliphatic hydroxyl groups is 1. The molecule has 1 fully saturated rings. The summed E-state index contributed by atoms with van der Waals surface area (Å²) in [5.41, 5.74) is 1.46. The monoisotopic (exact) mass is 488 g/mol. The van der Waals surface area contributed by atoms with Crippen LogP contribution < -0.4 is 4.74 Å². The zero-order valence-electron chi connectivity index (χ0n) is 19.8. The van der Waals surface area contributed by atoms with E-state index < -0.39 is 22.2 Å². The van der Waals surface area contributed by atoms with Crippen molar-refractivity contribution in [1.82, 2.24) is 19.2 Å². The second-order valence-corrected chi connectivity index (χ2v) is 11.2. The van der Waals surface area contributed by atoms with E-state index in [1.54, 1.807) is 43.4 Å². The Morgan fingerprint density at radius 2 is 1.97 bits per heavy atom. The van der Waals surface area contributed by atoms with Gasteiger partial charge in [-0.05, 0) is 37.5 Å². The first kappa shape index (κ1) is 24.6. The van der Waals surface area contributed by atoms with Gasteiger partial charge in [-0.3, -0.25) is 4.79 Å². The minimum Gasteiger partial charge on any atom is -0.487 e. The van der Waals surface area contributed by atoms with Gasteiger partial charge >= 0.3 is 0 Å². The van der Waals surface area contributed by atoms with Crippen molar-refractivity contribution in [3.05, 3.63) is 36.9 Å². The number of fused-ring (bicyclic) bond motifs is 1. The van der Waals surface area contributed by atoms with Gasteiger partial charge < -0.3 is 14.7 Å². The van der Waals surface area contributed by atoms with Gasteiger partial charge in [0.05, 0.1) is 13.2 Å². The molecule has 1 amide bonds. The molecule has 1 saturated carbocycles. The molecule has 1 aliphatic heterocycles. The summed E-state index contributed by atoms with van der Waals surface area (Å²) in [6.07, 6.45) is 7.20. The topological polar surface area (TPSA) is 113 Å². The van der Waals surface area contributed by atoms with E-state index in [4.69, 9.17) is 4.74 Å². The predicted octanol–water partition coefficient (Wildman–Crippen LogP) is 2.17. The van der Waals surface area contributed by atoms with Crippen LogP contribution in [-0.2, 0) is 14.8 Å². The third-order valence-corrected chi connectivity index (χ3v) is 8.86. The van der Waals surface area contributed by atoms with Crippen molar-refractivity contribution in [2.45, 2.75) is 50.2 Å². The van der Waals surface area contributed by atoms with Crippen LogP contribution in [0.5, 0.6) is 5.75 Å². The zero-order chi connectivity index (χ0) is 24.5. The maximum atomic E-state index is 13.6. The van der Waals surface area contributed by atoms with Gasteiger partial charge in [-0.2, -0.15) is 4.31 Å². The molecule has 0 radical (unpaired) electrons. The average Bonchev–Trinajstić information content (AvgIpc) is 2.79. The lowest BCUT2D eigenvalue weighted by atomic mass is 9.84. The largest absolute Gasteiger partial charge is 0.487 e. The molecule has 1 N–H and O–H groups in total. The van der Waals surface area contributed by atoms with E-state index in [1.807, 2.05) is 6.92 Å². The fraction of sp³-hybridized carbons (Fsp3) is 0.542. The van der Waals surface area contributed by atoms with Gasteiger partial charge in [0.2, 0.25) is 15.9 Å². The van der Waals surface area contributed by atoms with E-state index in [0.717, 1.165) is 30.4 Å². The summed E-state index contributed by atoms with van der Waals surface area (Å²) in [6, 6.07) is 4.31. The Hall–Kier alpha value is -2.56. The fourth-order valence-electron chi connectivity index (χ4n) is 4.40. The Labute approximate surface area is 200 Å². The predicted molar refractivity (Wildman–Crippen MR) is 126 cm³/mol. The number of aromatic nitrogens is 2. The number of nitrogens with zero attached hydrogens (tertiary/aromatic N) is 4. The highest BCUT2D eigenvalue weighted by atomic mass is 32.2. The molecule has 2 heterocycles. The summed E-state index contributed by atoms with van der Waals surface area (Å²) in [6.45, 7) is 3.82. The van der Waals surface area contributed by atoms with E-state index in [9.17, 15) is 18.3 Å². The van der Waals surface area contributed by atoms with Crippen LogP contribution in [0, 0.1) is 11.8 Å². The third-order valence-electron chi connectivity index (χ3n) is 6.85. The number of carbonyl (C=O) groups is 1. The Bertz CT molecular complexity index is 1120. The molecule has 1 aromatic heterocycles. The summed E-state index contributed by atoms with van der Waals surface area (Å²) in [5.74, 6) is 0.166. The molecule has 0 spiro atoms. The fourth-order valence-corrected chi connectivity index (χ4v) is 6.22. The van der Waals surface area contributed by atoms with Crippen LogP contribution in [0.3, 0.4) is 0 Å². The van der Waals surface area contributed by atoms with Crippen LogP contribution in [0.4, 0.5) is 0 Å². The number of carbonyl (C=O) groups excluding carboxylic acids is 1. The first-order chi connectivity index (χ1) is 16.2. The molecule has 2 aromatic rings. The Kier molecular flexibility index (Phi) is 7.20. The minimum absolute atomic E-state index is 0.0401. The van der Waals surface area contributed by atoms with Crippen LogP contribution >= 0.6 is 0 Å². The van der Waals surface area contributed by atoms with Crippen LogP contribution in [0.15, 0.2) is 41.8 Å². The molecule has 9 nitrogen and oxygen atoms in total. The minimum atomic E-state index is -3.93. The standard InChI is InChI=1S/C24H32N4O5S/c1-16-12-28(17(2)14-29)34(31,32)23-8-7-19(20-10-25-15-26-11-20)9-21(23)33-22(16)13-27(3)24(30)18-5-4-6-18/h7-11,15-18,22,29H,4-6,12-14H2,1-3H3/t16-,17+,22+/m0/s1. The van der Waals surface area contributed by atoms with Crippen molar-refractivity contribution in [1.29, 1.82) is 0 Å². The molecule has 0 bridgehead atoms. The highest BCUT2D eigenvalue weighted by Crippen LogP contribution is 2.36. The lowest BCUT2D eigenvalue weighted by Gasteiger charge is -2.38. The van der Waals surface area contributed by atoms with Gasteiger partial charge in [-0.15, -0.1) is 0 Å². The maximum Gasteiger partial charge on any atom is 0.247 e. The lowest BCUT2D eigenvalue weighted by Crippen LogP contribution is -2.50. The third kappa shape index (κ3) is 4.80. The van der Waals surface area contributed by atoms with Gasteiger partial charge in [-0.1, -0.05) is 19.4 Å². The highest BCUT2D eigenvalue weighted by molar-refractivity contribution is 7.89. The van der Waals surface area contributed by atoms with Crippen molar-refractivity contribution in [2.75, 3.05) is 26.7 Å². The van der Waals surface area contributed by atoms with Crippen molar-refractivity contribution >= 4 is 15.9 Å². The van der Waals surface area contributed by atoms with E-state index in [1.165, 1.54) is 16.7 Å². The van der Waals surface area contributed by atoms with Gasteiger partial charge in [0.1, 0.15) is 23.1 Å². The van der Waals surface area contributed by atoms with Crippen LogP contribution in [0.25, 0.3) is 11.1 Å². The van der Waals surface area contributed by atoms with Gasteiger partial charge in [-0.25, -0.2) is 18.4 Å². The van der Waals surface area contributed by atoms with E-state index in [2.05, 4.69) is 9.97 Å². The molecule has 4 rings (SSSR count). The molecule has 0 unspecified atom stereocenters. The van der Waals surface area contributed by atoms with Crippen molar-refractivity contribution in [3.8, 4) is 16.9 Å². The van der Waals surface area contributed by atoms with Crippen LogP contribution in [0.1, 0.15) is 33.1 Å². The summed E-state index contributed by atoms with van der Waals surface area (Å²) in [4.78, 5) is 22.6. The SMILES string of the molecule is C[C@H](CO)N1C[C@H](C)[C@@H](CN(C)C(=O)C2CCC2)Oc2cc(-c3cncnc3)ccc2S1(=O)=O. The molecule has 0 saturated heterocycles. The zero-order valence-corrected chi connectivity index (χ0v) is 20.6. The molecule has 3 atom stereocenters. The second kappa shape index (κ2) is 9.97. The Morgan fingerprint density at radius 3 is 2.59 bits per heavy atom. The molecule has 1 aliphatic carbocycles. The molecule has 34 heavy (non-hydrogen) atoms. The number of amides is 1. The van der Waals surface area contributed by atoms with E-state index in [0.29, 0.717) is 6.54 Å². The number of rotatable bonds is 6. The molecular weight excluding hydrogens is 456 g/mol. The van der Waals surface area contributed by atoms with Crippen LogP contribution in [-0.4, -0.2) is 77.5 Å². The number of hydrogen-bond donors (Lipinski definition) is 1. The number of aliphatic hydroxyl groups excluding tert-OH is 1. The summed E-state index contributed by atoms with van der Waals surface area (Å²) >= 11 is 0. The highest BCUT2D eigenvalue weighted by Gasteiger charge is 2.39. The van der Waals surface area contributed by atoms with E-state index >= 15 is 0 Å². The van der Waals surface area contributed by atoms with Gasteiger partial charge in [0.25, 0.3) is 0 Å². The normalized spacial score (nSPS) is 23.5. The smallest absolute Gasteiger partial charge is 0.247 e. The molecular formula is C24H32N4O5S. The Balaban J connectivity index is 1.74. The van der Waals surface area contributed by atoms with Gasteiger partial charge in [0, 0.05) is 49.4 Å². The lowest BCUT2D eigenvalue weighted by molar-refractivity contribution is -0.138. The number of benzene rings is 1. The van der Waals surface area contributed by atoms with Crippen LogP contribution in [0.2, 0.25) is 0 Å². The molecule has 10 heteroatoms. The quantitative estimate of drug-likeness (QED) is 0.663. The number of sulfonamides is 1. The molecule has 2 aliphatic rings. The summed E-state index contributed by atoms with van der Waals surface area (Å²) < 4.78 is 34.9. The number of ether oxygens (including phenoxy) is 1. The van der Waals surface area contributed by atoms with Crippen molar-refractivity contribution in [2.24, 2.45) is 11.8 Å². The second-order valence-electron chi connectivity index (χ2n) is 9.38. The first-order valence-corrected chi connectivity index (χ1v) is 13.1. The summed E-state index contributed by atoms with van der Waals surface area (Å²) in [7, 11) is -2.15. The van der Waals surface area contributed by atoms with Crippen molar-refractivity contribution < 1.29 is 23.1 Å². The van der Waals surface area contributed by atoms with Gasteiger partial charge in [0.15, 0.2) is 0 Å². The average molecular weight is 489 g/mol. The molecule has 1 aromatic carbocycles. The first-order valence-electron chi connectivity index (χ1n) is 11.7. The summed E-state index contributed by atoms with van der Waals surface area (Å²) in [5, 5.41) is 9.78. The number of likely N-dealkylation sites (N-methyl/N-ethyl adjacent to an activating group) is 1. The van der Waals surface area contributed by atoms with Crippen molar-refractivity contribution in [3.63, 3.8) is 0 Å². The Morgan fingerprint density at radius 1 is 1.26 bits per heavy atom. The number of hydrogen-bond acceptors (Lipinski definition) is 7. The van der Waals surface area contributed by atoms with E-state index in [-0.39, 0.29) is 41.5 Å². The molecule has 184 valence electrons.